The fraction of sp³-hybridized carbons (Fsp3) is 0.375. The fourth-order valence-electron chi connectivity index (χ4n) is 2.07. The van der Waals surface area contributed by atoms with E-state index in [1.807, 2.05) is 19.1 Å². The highest BCUT2D eigenvalue weighted by Crippen LogP contribution is 2.37. The van der Waals surface area contributed by atoms with Gasteiger partial charge in [0.2, 0.25) is 5.95 Å². The Hall–Kier alpha value is -1.77. The quantitative estimate of drug-likeness (QED) is 0.677. The molecule has 0 unspecified atom stereocenters. The summed E-state index contributed by atoms with van der Waals surface area (Å²) >= 11 is 2.22. The van der Waals surface area contributed by atoms with Crippen LogP contribution in [0, 0.1) is 3.57 Å². The summed E-state index contributed by atoms with van der Waals surface area (Å²) in [5, 5.41) is 3.02. The lowest BCUT2D eigenvalue weighted by Gasteiger charge is -2.17. The Morgan fingerprint density at radius 3 is 2.57 bits per heavy atom. The number of methoxy groups -OCH3 is 1. The molecule has 0 aliphatic rings. The van der Waals surface area contributed by atoms with E-state index in [-0.39, 0.29) is 5.92 Å². The summed E-state index contributed by atoms with van der Waals surface area (Å²) in [5.41, 5.74) is 7.02. The maximum absolute atomic E-state index is 5.98. The molecule has 1 aromatic heterocycles. The lowest BCUT2D eigenvalue weighted by molar-refractivity contribution is 0.407. The molecule has 1 heterocycles. The first-order valence-corrected chi connectivity index (χ1v) is 8.45. The molecular formula is C16H21IN4O2. The van der Waals surface area contributed by atoms with Crippen molar-refractivity contribution in [3.63, 3.8) is 0 Å². The second-order valence-corrected chi connectivity index (χ2v) is 6.42. The second kappa shape index (κ2) is 7.67. The van der Waals surface area contributed by atoms with E-state index in [0.717, 1.165) is 27.2 Å². The number of nitrogen functional groups attached to an aromatic ring is 1. The molecule has 124 valence electrons. The van der Waals surface area contributed by atoms with Gasteiger partial charge in [0, 0.05) is 12.1 Å². The van der Waals surface area contributed by atoms with Gasteiger partial charge in [-0.05, 0) is 47.6 Å². The van der Waals surface area contributed by atoms with Gasteiger partial charge in [-0.1, -0.05) is 13.8 Å². The van der Waals surface area contributed by atoms with Crippen LogP contribution < -0.4 is 20.5 Å². The third-order valence-electron chi connectivity index (χ3n) is 3.24. The molecule has 1 aromatic carbocycles. The van der Waals surface area contributed by atoms with E-state index in [4.69, 9.17) is 15.2 Å². The van der Waals surface area contributed by atoms with Crippen LogP contribution in [0.1, 0.15) is 32.3 Å². The van der Waals surface area contributed by atoms with Gasteiger partial charge in [0.1, 0.15) is 11.5 Å². The lowest BCUT2D eigenvalue weighted by Crippen LogP contribution is -2.06. The van der Waals surface area contributed by atoms with Crippen LogP contribution in [0.3, 0.4) is 0 Å². The standard InChI is InChI=1S/C16H21IN4O2/c1-5-19-16-20-8-14(15(18)21-16)23-12-7-11(17)13(22-4)6-10(12)9(2)3/h6-9H,5H2,1-4H3,(H3,18,19,20,21). The molecule has 0 spiro atoms. The number of hydrogen-bond donors (Lipinski definition) is 2. The van der Waals surface area contributed by atoms with Crippen LogP contribution in [0.25, 0.3) is 0 Å². The summed E-state index contributed by atoms with van der Waals surface area (Å²) < 4.78 is 12.3. The normalized spacial score (nSPS) is 10.7. The molecule has 0 aliphatic carbocycles. The second-order valence-electron chi connectivity index (χ2n) is 5.25. The Morgan fingerprint density at radius 2 is 2.00 bits per heavy atom. The number of aromatic nitrogens is 2. The molecule has 0 saturated carbocycles. The summed E-state index contributed by atoms with van der Waals surface area (Å²) in [6.07, 6.45) is 1.58. The zero-order valence-corrected chi connectivity index (χ0v) is 15.8. The highest BCUT2D eigenvalue weighted by molar-refractivity contribution is 14.1. The molecule has 0 radical (unpaired) electrons. The van der Waals surface area contributed by atoms with Gasteiger partial charge in [-0.25, -0.2) is 4.98 Å². The SMILES string of the molecule is CCNc1ncc(Oc2cc(I)c(OC)cc2C(C)C)c(N)n1. The average molecular weight is 428 g/mol. The highest BCUT2D eigenvalue weighted by atomic mass is 127. The van der Waals surface area contributed by atoms with E-state index in [1.54, 1.807) is 13.3 Å². The molecule has 0 fully saturated rings. The molecule has 3 N–H and O–H groups in total. The van der Waals surface area contributed by atoms with Gasteiger partial charge in [0.15, 0.2) is 11.6 Å². The molecule has 0 saturated heterocycles. The van der Waals surface area contributed by atoms with E-state index in [0.29, 0.717) is 17.5 Å². The largest absolute Gasteiger partial charge is 0.496 e. The van der Waals surface area contributed by atoms with Crippen LogP contribution in [-0.4, -0.2) is 23.6 Å². The smallest absolute Gasteiger partial charge is 0.224 e. The van der Waals surface area contributed by atoms with E-state index < -0.39 is 0 Å². The van der Waals surface area contributed by atoms with E-state index >= 15 is 0 Å². The number of nitrogens with two attached hydrogens (primary N) is 1. The van der Waals surface area contributed by atoms with Gasteiger partial charge in [0.25, 0.3) is 0 Å². The first-order chi connectivity index (χ1) is 11.0. The van der Waals surface area contributed by atoms with Gasteiger partial charge in [0.05, 0.1) is 16.9 Å². The minimum atomic E-state index is 0.277. The molecule has 0 aliphatic heterocycles. The summed E-state index contributed by atoms with van der Waals surface area (Å²) in [6.45, 7) is 6.90. The number of anilines is 2. The fourth-order valence-corrected chi connectivity index (χ4v) is 2.73. The van der Waals surface area contributed by atoms with Gasteiger partial charge in [-0.3, -0.25) is 0 Å². The maximum atomic E-state index is 5.98. The molecule has 7 heteroatoms. The molecule has 2 aromatic rings. The molecule has 2 rings (SSSR count). The number of nitrogens with one attached hydrogen (secondary N) is 1. The topological polar surface area (TPSA) is 82.3 Å². The Balaban J connectivity index is 2.37. The number of nitrogens with zero attached hydrogens (tertiary/aromatic N) is 2. The Labute approximate surface area is 149 Å². The lowest BCUT2D eigenvalue weighted by atomic mass is 10.0. The minimum absolute atomic E-state index is 0.277. The number of hydrogen-bond acceptors (Lipinski definition) is 6. The molecule has 0 bridgehead atoms. The van der Waals surface area contributed by atoms with Gasteiger partial charge in [-0.2, -0.15) is 4.98 Å². The van der Waals surface area contributed by atoms with Crippen molar-refractivity contribution in [1.29, 1.82) is 0 Å². The number of halogens is 1. The number of ether oxygens (including phenoxy) is 2. The van der Waals surface area contributed by atoms with Crippen molar-refractivity contribution in [3.05, 3.63) is 27.5 Å². The predicted octanol–water partition coefficient (Wildman–Crippen LogP) is 4.02. The van der Waals surface area contributed by atoms with E-state index in [2.05, 4.69) is 51.7 Å². The summed E-state index contributed by atoms with van der Waals surface area (Å²) in [5.74, 6) is 3.07. The van der Waals surface area contributed by atoms with Crippen molar-refractivity contribution in [2.45, 2.75) is 26.7 Å². The summed E-state index contributed by atoms with van der Waals surface area (Å²) in [4.78, 5) is 8.40. The highest BCUT2D eigenvalue weighted by Gasteiger charge is 2.15. The van der Waals surface area contributed by atoms with Crippen LogP contribution in [-0.2, 0) is 0 Å². The predicted molar refractivity (Wildman–Crippen MR) is 100 cm³/mol. The van der Waals surface area contributed by atoms with Crippen LogP contribution in [0.2, 0.25) is 0 Å². The molecule has 23 heavy (non-hydrogen) atoms. The van der Waals surface area contributed by atoms with Gasteiger partial charge >= 0.3 is 0 Å². The van der Waals surface area contributed by atoms with E-state index in [9.17, 15) is 0 Å². The molecule has 0 atom stereocenters. The van der Waals surface area contributed by atoms with Crippen molar-refractivity contribution >= 4 is 34.4 Å². The van der Waals surface area contributed by atoms with E-state index in [1.165, 1.54) is 0 Å². The van der Waals surface area contributed by atoms with Crippen LogP contribution in [0.15, 0.2) is 18.3 Å². The molecular weight excluding hydrogens is 407 g/mol. The zero-order valence-electron chi connectivity index (χ0n) is 13.7. The van der Waals surface area contributed by atoms with Crippen molar-refractivity contribution < 1.29 is 9.47 Å². The van der Waals surface area contributed by atoms with Crippen LogP contribution in [0.5, 0.6) is 17.2 Å². The third kappa shape index (κ3) is 4.15. The number of benzene rings is 1. The van der Waals surface area contributed by atoms with Gasteiger partial charge < -0.3 is 20.5 Å². The Morgan fingerprint density at radius 1 is 1.26 bits per heavy atom. The monoisotopic (exact) mass is 428 g/mol. The van der Waals surface area contributed by atoms with Crippen molar-refractivity contribution in [1.82, 2.24) is 9.97 Å². The van der Waals surface area contributed by atoms with Crippen LogP contribution in [0.4, 0.5) is 11.8 Å². The number of rotatable bonds is 6. The molecule has 0 amide bonds. The average Bonchev–Trinajstić information content (AvgIpc) is 2.50. The summed E-state index contributed by atoms with van der Waals surface area (Å²) in [6, 6.07) is 3.93. The first-order valence-electron chi connectivity index (χ1n) is 7.37. The van der Waals surface area contributed by atoms with Crippen LogP contribution >= 0.6 is 22.6 Å². The van der Waals surface area contributed by atoms with Crippen molar-refractivity contribution in [2.75, 3.05) is 24.7 Å². The molecule has 6 nitrogen and oxygen atoms in total. The maximum Gasteiger partial charge on any atom is 0.224 e. The van der Waals surface area contributed by atoms with Crippen molar-refractivity contribution in [2.24, 2.45) is 0 Å². The summed E-state index contributed by atoms with van der Waals surface area (Å²) in [7, 11) is 1.66. The third-order valence-corrected chi connectivity index (χ3v) is 4.09. The Kier molecular flexibility index (Phi) is 5.86. The minimum Gasteiger partial charge on any atom is -0.496 e. The first kappa shape index (κ1) is 17.6. The zero-order chi connectivity index (χ0) is 17.0. The van der Waals surface area contributed by atoms with Gasteiger partial charge in [-0.15, -0.1) is 0 Å². The Bertz CT molecular complexity index is 692. The van der Waals surface area contributed by atoms with Crippen molar-refractivity contribution in [3.8, 4) is 17.2 Å².